The topological polar surface area (TPSA) is 112 Å². The van der Waals surface area contributed by atoms with Crippen molar-refractivity contribution in [3.63, 3.8) is 0 Å². The summed E-state index contributed by atoms with van der Waals surface area (Å²) >= 11 is 0. The summed E-state index contributed by atoms with van der Waals surface area (Å²) in [4.78, 5) is 6.08. The molecule has 1 aliphatic heterocycles. The molecule has 2 rings (SSSR count). The van der Waals surface area contributed by atoms with Crippen LogP contribution in [-0.4, -0.2) is 67.0 Å². The minimum Gasteiger partial charge on any atom is -0.395 e. The van der Waals surface area contributed by atoms with Gasteiger partial charge in [0.15, 0.2) is 5.82 Å². The van der Waals surface area contributed by atoms with Crippen LogP contribution in [-0.2, 0) is 10.0 Å². The molecular formula is C12H21N5O3S. The van der Waals surface area contributed by atoms with E-state index in [-0.39, 0.29) is 17.3 Å². The molecule has 0 spiro atoms. The molecule has 4 N–H and O–H groups in total. The van der Waals surface area contributed by atoms with Gasteiger partial charge in [-0.05, 0) is 25.1 Å². The van der Waals surface area contributed by atoms with Crippen LogP contribution in [0, 0.1) is 0 Å². The van der Waals surface area contributed by atoms with Crippen LogP contribution in [0.5, 0.6) is 0 Å². The summed E-state index contributed by atoms with van der Waals surface area (Å²) in [7, 11) is -3.63. The molecule has 0 radical (unpaired) electrons. The smallest absolute Gasteiger partial charge is 0.246 e. The van der Waals surface area contributed by atoms with E-state index in [0.717, 1.165) is 13.0 Å². The van der Waals surface area contributed by atoms with Crippen LogP contribution in [0.25, 0.3) is 0 Å². The van der Waals surface area contributed by atoms with Gasteiger partial charge >= 0.3 is 0 Å². The number of aliphatic hydroxyl groups is 1. The number of anilines is 1. The number of nitrogens with one attached hydrogen (secondary N) is 1. The van der Waals surface area contributed by atoms with Crippen molar-refractivity contribution < 1.29 is 13.5 Å². The second kappa shape index (κ2) is 7.14. The van der Waals surface area contributed by atoms with E-state index in [0.29, 0.717) is 26.2 Å². The van der Waals surface area contributed by atoms with E-state index < -0.39 is 10.0 Å². The molecule has 118 valence electrons. The molecule has 8 nitrogen and oxygen atoms in total. The summed E-state index contributed by atoms with van der Waals surface area (Å²) < 4.78 is 26.9. The minimum absolute atomic E-state index is 0.0800. The first-order chi connectivity index (χ1) is 10.1. The zero-order valence-corrected chi connectivity index (χ0v) is 12.6. The predicted octanol–water partition coefficient (Wildman–Crippen LogP) is -0.944. The Bertz CT molecular complexity index is 566. The Balaban J connectivity index is 2.19. The number of aliphatic hydroxyl groups excluding tert-OH is 1. The molecular weight excluding hydrogens is 294 g/mol. The van der Waals surface area contributed by atoms with Crippen LogP contribution in [0.1, 0.15) is 6.42 Å². The van der Waals surface area contributed by atoms with Gasteiger partial charge in [-0.1, -0.05) is 0 Å². The SMILES string of the molecule is NNc1ncccc1S(=O)(=O)N1CCCN(CCO)CC1. The number of nitrogen functional groups attached to an aromatic ring is 1. The van der Waals surface area contributed by atoms with E-state index in [1.54, 1.807) is 6.07 Å². The summed E-state index contributed by atoms with van der Waals surface area (Å²) in [6.45, 7) is 2.87. The molecule has 2 heterocycles. The van der Waals surface area contributed by atoms with Gasteiger partial charge in [0.05, 0.1) is 6.61 Å². The highest BCUT2D eigenvalue weighted by Gasteiger charge is 2.29. The van der Waals surface area contributed by atoms with Crippen LogP contribution >= 0.6 is 0 Å². The predicted molar refractivity (Wildman–Crippen MR) is 78.9 cm³/mol. The Hall–Kier alpha value is -1.26. The molecule has 0 aromatic carbocycles. The highest BCUT2D eigenvalue weighted by atomic mass is 32.2. The normalized spacial score (nSPS) is 18.4. The number of aromatic nitrogens is 1. The van der Waals surface area contributed by atoms with Crippen molar-refractivity contribution in [3.8, 4) is 0 Å². The molecule has 1 fully saturated rings. The molecule has 0 amide bonds. The van der Waals surface area contributed by atoms with Crippen molar-refractivity contribution >= 4 is 15.8 Å². The number of hydrogen-bond acceptors (Lipinski definition) is 7. The number of hydrazine groups is 1. The van der Waals surface area contributed by atoms with E-state index >= 15 is 0 Å². The van der Waals surface area contributed by atoms with Gasteiger partial charge < -0.3 is 10.5 Å². The van der Waals surface area contributed by atoms with Crippen molar-refractivity contribution in [3.05, 3.63) is 18.3 Å². The lowest BCUT2D eigenvalue weighted by atomic mass is 10.4. The lowest BCUT2D eigenvalue weighted by Crippen LogP contribution is -2.36. The summed E-state index contributed by atoms with van der Waals surface area (Å²) in [5.41, 5.74) is 2.33. The van der Waals surface area contributed by atoms with Gasteiger partial charge in [-0.25, -0.2) is 19.2 Å². The fourth-order valence-corrected chi connectivity index (χ4v) is 3.97. The number of rotatable bonds is 5. The molecule has 9 heteroatoms. The summed E-state index contributed by atoms with van der Waals surface area (Å²) in [5, 5.41) is 8.98. The molecule has 1 aliphatic rings. The third kappa shape index (κ3) is 3.69. The third-order valence-electron chi connectivity index (χ3n) is 3.49. The maximum atomic E-state index is 12.7. The summed E-state index contributed by atoms with van der Waals surface area (Å²) in [6.07, 6.45) is 2.21. The Morgan fingerprint density at radius 3 is 2.86 bits per heavy atom. The molecule has 0 atom stereocenters. The Morgan fingerprint density at radius 1 is 1.33 bits per heavy atom. The number of nitrogens with two attached hydrogens (primary N) is 1. The Kier molecular flexibility index (Phi) is 5.48. The van der Waals surface area contributed by atoms with Crippen molar-refractivity contribution in [2.45, 2.75) is 11.3 Å². The van der Waals surface area contributed by atoms with Crippen molar-refractivity contribution in [1.82, 2.24) is 14.2 Å². The fraction of sp³-hybridized carbons (Fsp3) is 0.583. The van der Waals surface area contributed by atoms with Crippen LogP contribution in [0.2, 0.25) is 0 Å². The van der Waals surface area contributed by atoms with Gasteiger partial charge in [-0.2, -0.15) is 4.31 Å². The van der Waals surface area contributed by atoms with E-state index in [9.17, 15) is 8.42 Å². The molecule has 21 heavy (non-hydrogen) atoms. The number of β-amino-alcohol motifs (C(OH)–C–C–N with tert-alkyl or cyclic N) is 1. The molecule has 0 unspecified atom stereocenters. The number of sulfonamides is 1. The standard InChI is InChI=1S/C12H21N5O3S/c13-15-12-11(3-1-4-14-12)21(19,20)17-6-2-5-16(7-8-17)9-10-18/h1,3-4,18H,2,5-10,13H2,(H,14,15). The van der Waals surface area contributed by atoms with E-state index in [4.69, 9.17) is 10.9 Å². The Labute approximate surface area is 124 Å². The van der Waals surface area contributed by atoms with Crippen LogP contribution in [0.15, 0.2) is 23.2 Å². The zero-order chi connectivity index (χ0) is 15.3. The Morgan fingerprint density at radius 2 is 2.14 bits per heavy atom. The maximum absolute atomic E-state index is 12.7. The lowest BCUT2D eigenvalue weighted by Gasteiger charge is -2.22. The van der Waals surface area contributed by atoms with Gasteiger partial charge in [-0.15, -0.1) is 0 Å². The average molecular weight is 315 g/mol. The van der Waals surface area contributed by atoms with Crippen LogP contribution < -0.4 is 11.3 Å². The van der Waals surface area contributed by atoms with Gasteiger partial charge in [0.2, 0.25) is 10.0 Å². The first kappa shape index (κ1) is 16.1. The average Bonchev–Trinajstić information content (AvgIpc) is 2.74. The highest BCUT2D eigenvalue weighted by molar-refractivity contribution is 7.89. The molecule has 1 saturated heterocycles. The minimum atomic E-state index is -3.63. The summed E-state index contributed by atoms with van der Waals surface area (Å²) in [6, 6.07) is 3.07. The fourth-order valence-electron chi connectivity index (χ4n) is 2.40. The van der Waals surface area contributed by atoms with Gasteiger partial charge in [-0.3, -0.25) is 4.90 Å². The van der Waals surface area contributed by atoms with Crippen molar-refractivity contribution in [2.24, 2.45) is 5.84 Å². The molecule has 0 saturated carbocycles. The van der Waals surface area contributed by atoms with Crippen LogP contribution in [0.4, 0.5) is 5.82 Å². The zero-order valence-electron chi connectivity index (χ0n) is 11.8. The van der Waals surface area contributed by atoms with Gasteiger partial charge in [0.1, 0.15) is 4.90 Å². The second-order valence-corrected chi connectivity index (χ2v) is 6.72. The van der Waals surface area contributed by atoms with Crippen LogP contribution in [0.3, 0.4) is 0 Å². The van der Waals surface area contributed by atoms with E-state index in [2.05, 4.69) is 15.3 Å². The molecule has 0 aliphatic carbocycles. The first-order valence-electron chi connectivity index (χ1n) is 6.84. The first-order valence-corrected chi connectivity index (χ1v) is 8.28. The van der Waals surface area contributed by atoms with E-state index in [1.165, 1.54) is 16.6 Å². The quantitative estimate of drug-likeness (QED) is 0.475. The maximum Gasteiger partial charge on any atom is 0.246 e. The van der Waals surface area contributed by atoms with Gasteiger partial charge in [0, 0.05) is 32.4 Å². The highest BCUT2D eigenvalue weighted by Crippen LogP contribution is 2.22. The monoisotopic (exact) mass is 315 g/mol. The molecule has 1 aromatic heterocycles. The van der Waals surface area contributed by atoms with Gasteiger partial charge in [0.25, 0.3) is 0 Å². The summed E-state index contributed by atoms with van der Waals surface area (Å²) in [5.74, 6) is 5.49. The number of hydrogen-bond donors (Lipinski definition) is 3. The van der Waals surface area contributed by atoms with Crippen molar-refractivity contribution in [1.29, 1.82) is 0 Å². The molecule has 1 aromatic rings. The van der Waals surface area contributed by atoms with E-state index in [1.807, 2.05) is 0 Å². The number of pyridine rings is 1. The lowest BCUT2D eigenvalue weighted by molar-refractivity contribution is 0.202. The third-order valence-corrected chi connectivity index (χ3v) is 5.42. The largest absolute Gasteiger partial charge is 0.395 e. The molecule has 0 bridgehead atoms. The van der Waals surface area contributed by atoms with Crippen molar-refractivity contribution in [2.75, 3.05) is 44.8 Å². The number of nitrogens with zero attached hydrogens (tertiary/aromatic N) is 3. The second-order valence-electron chi connectivity index (χ2n) is 4.82.